The first-order valence-corrected chi connectivity index (χ1v) is 9.21. The van der Waals surface area contributed by atoms with E-state index in [1.165, 1.54) is 0 Å². The molecule has 1 aromatic heterocycles. The molecule has 1 aromatic carbocycles. The highest BCUT2D eigenvalue weighted by atomic mass is 35.5. The summed E-state index contributed by atoms with van der Waals surface area (Å²) in [6, 6.07) is 5.92. The lowest BCUT2D eigenvalue weighted by Gasteiger charge is -2.18. The number of hydroxylamine groups is 2. The number of fused-ring (bicyclic) bond motifs is 3. The molecular weight excluding hydrogens is 368 g/mol. The second kappa shape index (κ2) is 6.86. The van der Waals surface area contributed by atoms with Crippen LogP contribution < -0.4 is 5.32 Å². The van der Waals surface area contributed by atoms with Crippen molar-refractivity contribution in [3.8, 4) is 5.69 Å². The van der Waals surface area contributed by atoms with Gasteiger partial charge in [-0.05, 0) is 18.6 Å². The fourth-order valence-corrected chi connectivity index (χ4v) is 3.60. The van der Waals surface area contributed by atoms with Crippen molar-refractivity contribution in [1.82, 2.24) is 24.8 Å². The van der Waals surface area contributed by atoms with Crippen molar-refractivity contribution in [3.05, 3.63) is 46.5 Å². The summed E-state index contributed by atoms with van der Waals surface area (Å²) in [5.74, 6) is -0.112. The number of hydrogen-bond acceptors (Lipinski definition) is 5. The Kier molecular flexibility index (Phi) is 4.53. The molecule has 4 rings (SSSR count). The van der Waals surface area contributed by atoms with Crippen LogP contribution in [0.4, 0.5) is 0 Å². The van der Waals surface area contributed by atoms with Crippen molar-refractivity contribution in [3.63, 3.8) is 0 Å². The smallest absolute Gasteiger partial charge is 0.306 e. The minimum atomic E-state index is -0.291. The SMILES string of the molecule is CCCN=C1NC(c2ncn3c2CN(C)C(=O)c2c(Cl)cccc2-3)N(C)O1. The van der Waals surface area contributed by atoms with E-state index in [0.717, 1.165) is 23.5 Å². The highest BCUT2D eigenvalue weighted by Crippen LogP contribution is 2.33. The summed E-state index contributed by atoms with van der Waals surface area (Å²) >= 11 is 6.33. The second-order valence-electron chi connectivity index (χ2n) is 6.61. The van der Waals surface area contributed by atoms with E-state index >= 15 is 0 Å². The second-order valence-corrected chi connectivity index (χ2v) is 7.02. The molecule has 1 fully saturated rings. The molecule has 2 aliphatic rings. The summed E-state index contributed by atoms with van der Waals surface area (Å²) in [6.07, 6.45) is 2.37. The van der Waals surface area contributed by atoms with Crippen molar-refractivity contribution in [1.29, 1.82) is 0 Å². The van der Waals surface area contributed by atoms with Gasteiger partial charge in [-0.15, -0.1) is 5.06 Å². The van der Waals surface area contributed by atoms with E-state index in [-0.39, 0.29) is 12.1 Å². The largest absolute Gasteiger partial charge is 0.366 e. The highest BCUT2D eigenvalue weighted by Gasteiger charge is 2.36. The first-order chi connectivity index (χ1) is 13.0. The van der Waals surface area contributed by atoms with E-state index in [2.05, 4.69) is 22.2 Å². The van der Waals surface area contributed by atoms with Crippen molar-refractivity contribution in [2.45, 2.75) is 26.1 Å². The topological polar surface area (TPSA) is 75.0 Å². The van der Waals surface area contributed by atoms with Crippen molar-refractivity contribution in [2.24, 2.45) is 4.99 Å². The predicted octanol–water partition coefficient (Wildman–Crippen LogP) is 2.34. The van der Waals surface area contributed by atoms with Crippen LogP contribution in [-0.2, 0) is 11.4 Å². The maximum Gasteiger partial charge on any atom is 0.306 e. The zero-order chi connectivity index (χ0) is 19.1. The lowest BCUT2D eigenvalue weighted by atomic mass is 10.1. The summed E-state index contributed by atoms with van der Waals surface area (Å²) in [7, 11) is 3.59. The molecule has 0 spiro atoms. The summed E-state index contributed by atoms with van der Waals surface area (Å²) in [5.41, 5.74) is 2.90. The van der Waals surface area contributed by atoms with Crippen molar-refractivity contribution in [2.75, 3.05) is 20.6 Å². The maximum atomic E-state index is 12.8. The van der Waals surface area contributed by atoms with E-state index in [0.29, 0.717) is 29.7 Å². The van der Waals surface area contributed by atoms with Crippen LogP contribution in [0.15, 0.2) is 29.5 Å². The Bertz CT molecular complexity index is 925. The number of aliphatic imine (C=N–C) groups is 1. The Morgan fingerprint density at radius 2 is 2.22 bits per heavy atom. The van der Waals surface area contributed by atoms with Crippen molar-refractivity contribution >= 4 is 23.5 Å². The van der Waals surface area contributed by atoms with Gasteiger partial charge < -0.3 is 19.6 Å². The summed E-state index contributed by atoms with van der Waals surface area (Å²) in [5, 5.41) is 5.37. The molecule has 9 heteroatoms. The molecule has 3 heterocycles. The number of carbonyl (C=O) groups is 1. The lowest BCUT2D eigenvalue weighted by Crippen LogP contribution is -2.29. The van der Waals surface area contributed by atoms with Crippen LogP contribution in [0.1, 0.15) is 41.3 Å². The quantitative estimate of drug-likeness (QED) is 0.873. The van der Waals surface area contributed by atoms with Gasteiger partial charge in [-0.25, -0.2) is 9.98 Å². The number of rotatable bonds is 3. The van der Waals surface area contributed by atoms with Crippen LogP contribution in [0, 0.1) is 0 Å². The molecule has 8 nitrogen and oxygen atoms in total. The van der Waals surface area contributed by atoms with Crippen LogP contribution in [0.5, 0.6) is 0 Å². The van der Waals surface area contributed by atoms with E-state index in [1.807, 2.05) is 23.7 Å². The number of carbonyl (C=O) groups excluding carboxylic acids is 1. The monoisotopic (exact) mass is 388 g/mol. The molecule has 2 aliphatic heterocycles. The average Bonchev–Trinajstić information content (AvgIpc) is 3.19. The Morgan fingerprint density at radius 1 is 1.41 bits per heavy atom. The zero-order valence-corrected chi connectivity index (χ0v) is 16.2. The van der Waals surface area contributed by atoms with Crippen LogP contribution >= 0.6 is 11.6 Å². The van der Waals surface area contributed by atoms with Gasteiger partial charge in [0.25, 0.3) is 5.91 Å². The van der Waals surface area contributed by atoms with E-state index in [4.69, 9.17) is 16.4 Å². The lowest BCUT2D eigenvalue weighted by molar-refractivity contribution is -0.0532. The number of hydrogen-bond donors (Lipinski definition) is 1. The van der Waals surface area contributed by atoms with Gasteiger partial charge in [0.1, 0.15) is 5.69 Å². The maximum absolute atomic E-state index is 12.8. The number of benzene rings is 1. The molecule has 2 aromatic rings. The van der Waals surface area contributed by atoms with Gasteiger partial charge in [0.05, 0.1) is 34.8 Å². The van der Waals surface area contributed by atoms with E-state index in [9.17, 15) is 4.79 Å². The third-order valence-corrected chi connectivity index (χ3v) is 5.00. The molecule has 0 bridgehead atoms. The van der Waals surface area contributed by atoms with Gasteiger partial charge in [-0.2, -0.15) is 0 Å². The molecular formula is C18H21ClN6O2. The van der Waals surface area contributed by atoms with Crippen LogP contribution in [-0.4, -0.2) is 52.1 Å². The molecule has 1 atom stereocenters. The number of imidazole rings is 1. The molecule has 0 aliphatic carbocycles. The number of halogens is 1. The standard InChI is InChI=1S/C18H21ClN6O2/c1-4-8-20-18-22-16(24(3)27-18)15-13-9-23(2)17(26)14-11(19)6-5-7-12(14)25(13)10-21-15/h5-7,10,16H,4,8-9H2,1-3H3,(H,20,22). The summed E-state index contributed by atoms with van der Waals surface area (Å²) in [4.78, 5) is 29.2. The fraction of sp³-hybridized carbons (Fsp3) is 0.389. The summed E-state index contributed by atoms with van der Waals surface area (Å²) in [6.45, 7) is 3.16. The molecule has 27 heavy (non-hydrogen) atoms. The van der Waals surface area contributed by atoms with Gasteiger partial charge in [-0.3, -0.25) is 4.79 Å². The average molecular weight is 389 g/mol. The van der Waals surface area contributed by atoms with E-state index in [1.54, 1.807) is 29.4 Å². The number of nitrogens with one attached hydrogen (secondary N) is 1. The third kappa shape index (κ3) is 2.94. The Balaban J connectivity index is 1.78. The van der Waals surface area contributed by atoms with Crippen LogP contribution in [0.2, 0.25) is 5.02 Å². The Hall–Kier alpha value is -2.58. The third-order valence-electron chi connectivity index (χ3n) is 4.69. The molecule has 0 saturated carbocycles. The zero-order valence-electron chi connectivity index (χ0n) is 15.4. The molecule has 1 amide bonds. The number of nitrogens with zero attached hydrogens (tertiary/aromatic N) is 5. The number of amides is 1. The number of aromatic nitrogens is 2. The van der Waals surface area contributed by atoms with Gasteiger partial charge in [-0.1, -0.05) is 24.6 Å². The van der Waals surface area contributed by atoms with Gasteiger partial charge >= 0.3 is 6.02 Å². The Labute approximate surface area is 162 Å². The normalized spacial score (nSPS) is 20.9. The molecule has 1 saturated heterocycles. The van der Waals surface area contributed by atoms with E-state index < -0.39 is 0 Å². The minimum absolute atomic E-state index is 0.112. The first-order valence-electron chi connectivity index (χ1n) is 8.83. The predicted molar refractivity (Wildman–Crippen MR) is 102 cm³/mol. The minimum Gasteiger partial charge on any atom is -0.366 e. The van der Waals surface area contributed by atoms with Crippen molar-refractivity contribution < 1.29 is 9.63 Å². The number of amidine groups is 1. The van der Waals surface area contributed by atoms with Gasteiger partial charge in [0.15, 0.2) is 6.17 Å². The van der Waals surface area contributed by atoms with Gasteiger partial charge in [0.2, 0.25) is 0 Å². The first kappa shape index (κ1) is 17.8. The fourth-order valence-electron chi connectivity index (χ4n) is 3.35. The van der Waals surface area contributed by atoms with Crippen LogP contribution in [0.25, 0.3) is 5.69 Å². The molecule has 1 N–H and O–H groups in total. The molecule has 142 valence electrons. The molecule has 1 unspecified atom stereocenters. The van der Waals surface area contributed by atoms with Gasteiger partial charge in [0, 0.05) is 20.6 Å². The molecule has 0 radical (unpaired) electrons. The summed E-state index contributed by atoms with van der Waals surface area (Å²) < 4.78 is 1.93. The Morgan fingerprint density at radius 3 is 3.00 bits per heavy atom. The van der Waals surface area contributed by atoms with Crippen LogP contribution in [0.3, 0.4) is 0 Å². The highest BCUT2D eigenvalue weighted by molar-refractivity contribution is 6.34.